The minimum atomic E-state index is -0.722. The van der Waals surface area contributed by atoms with Crippen molar-refractivity contribution in [3.8, 4) is 0 Å². The molecule has 5 nitrogen and oxygen atoms in total. The summed E-state index contributed by atoms with van der Waals surface area (Å²) in [4.78, 5) is 16.2. The molecule has 2 amide bonds. The molecule has 0 spiro atoms. The Kier molecular flexibility index (Phi) is 4.56. The number of rotatable bonds is 5. The van der Waals surface area contributed by atoms with Gasteiger partial charge in [-0.25, -0.2) is 10.5 Å². The van der Waals surface area contributed by atoms with Gasteiger partial charge in [0.05, 0.1) is 0 Å². The highest BCUT2D eigenvalue weighted by molar-refractivity contribution is 5.71. The van der Waals surface area contributed by atoms with Gasteiger partial charge in [0, 0.05) is 32.1 Å². The first-order valence-corrected chi connectivity index (χ1v) is 4.74. The Labute approximate surface area is 88.5 Å². The molecule has 2 N–H and O–H groups in total. The van der Waals surface area contributed by atoms with Crippen LogP contribution in [0.25, 0.3) is 0 Å². The van der Waals surface area contributed by atoms with Crippen LogP contribution in [-0.4, -0.2) is 34.2 Å². The maximum absolute atomic E-state index is 10.9. The number of urea groups is 1. The number of hydrogen-bond acceptors (Lipinski definition) is 3. The molecule has 0 atom stereocenters. The van der Waals surface area contributed by atoms with Gasteiger partial charge in [-0.3, -0.25) is 4.98 Å². The molecule has 0 fully saturated rings. The summed E-state index contributed by atoms with van der Waals surface area (Å²) in [6.45, 7) is 0.826. The van der Waals surface area contributed by atoms with Gasteiger partial charge < -0.3 is 10.0 Å². The topological polar surface area (TPSA) is 77.2 Å². The van der Waals surface area contributed by atoms with Crippen LogP contribution in [0.1, 0.15) is 12.0 Å². The minimum Gasteiger partial charge on any atom is -0.396 e. The average molecular weight is 208 g/mol. The van der Waals surface area contributed by atoms with Gasteiger partial charge in [-0.2, -0.15) is 0 Å². The number of amides is 2. The Bertz CT molecular complexity index is 303. The van der Waals surface area contributed by atoms with Gasteiger partial charge in [0.15, 0.2) is 0 Å². The molecule has 0 aliphatic heterocycles. The fourth-order valence-corrected chi connectivity index (χ4v) is 1.22. The van der Waals surface area contributed by atoms with E-state index in [0.717, 1.165) is 5.56 Å². The summed E-state index contributed by atoms with van der Waals surface area (Å²) < 4.78 is 0. The number of carbonyl (C=O) groups excluding carboxylic acids is 1. The fourth-order valence-electron chi connectivity index (χ4n) is 1.22. The van der Waals surface area contributed by atoms with E-state index in [1.807, 2.05) is 0 Å². The van der Waals surface area contributed by atoms with Gasteiger partial charge in [-0.1, -0.05) is 0 Å². The van der Waals surface area contributed by atoms with E-state index in [1.54, 1.807) is 24.5 Å². The monoisotopic (exact) mass is 208 g/mol. The summed E-state index contributed by atoms with van der Waals surface area (Å²) in [6, 6.07) is 2.88. The van der Waals surface area contributed by atoms with Crippen molar-refractivity contribution < 1.29 is 9.90 Å². The van der Waals surface area contributed by atoms with Crippen LogP contribution in [-0.2, 0) is 6.54 Å². The molecule has 0 unspecified atom stereocenters. The Morgan fingerprint density at radius 2 is 2.13 bits per heavy atom. The second-order valence-electron chi connectivity index (χ2n) is 3.16. The number of nitrogens with zero attached hydrogens (tertiary/aromatic N) is 2. The van der Waals surface area contributed by atoms with E-state index in [-0.39, 0.29) is 6.61 Å². The highest BCUT2D eigenvalue weighted by Gasteiger charge is 2.09. The van der Waals surface area contributed by atoms with Gasteiger partial charge in [0.2, 0.25) is 0 Å². The van der Waals surface area contributed by atoms with E-state index in [0.29, 0.717) is 19.5 Å². The van der Waals surface area contributed by atoms with Crippen LogP contribution in [0, 0.1) is 0 Å². The molecule has 1 aromatic heterocycles. The molecule has 1 rings (SSSR count). The van der Waals surface area contributed by atoms with E-state index in [1.165, 1.54) is 4.90 Å². The van der Waals surface area contributed by atoms with E-state index < -0.39 is 6.03 Å². The van der Waals surface area contributed by atoms with Gasteiger partial charge in [-0.05, 0) is 24.1 Å². The number of aliphatic hydroxyl groups is 1. The number of aliphatic hydroxyl groups excluding tert-OH is 1. The smallest absolute Gasteiger partial charge is 0.336 e. The van der Waals surface area contributed by atoms with Gasteiger partial charge in [0.25, 0.3) is 0 Å². The highest BCUT2D eigenvalue weighted by atomic mass is 16.3. The predicted octanol–water partition coefficient (Wildman–Crippen LogP) is 0.669. The van der Waals surface area contributed by atoms with Crippen molar-refractivity contribution in [2.75, 3.05) is 13.2 Å². The normalized spacial score (nSPS) is 9.93. The van der Waals surface area contributed by atoms with Crippen molar-refractivity contribution in [3.63, 3.8) is 0 Å². The third-order valence-electron chi connectivity index (χ3n) is 2.00. The van der Waals surface area contributed by atoms with Crippen LogP contribution in [0.4, 0.5) is 4.79 Å². The maximum atomic E-state index is 10.9. The largest absolute Gasteiger partial charge is 0.396 e. The standard InChI is InChI=1S/C10H14N3O2/c11-10(15)13(6-1-7-14)8-9-2-4-12-5-3-9/h2-5,11,14H,1,6-8H2. The summed E-state index contributed by atoms with van der Waals surface area (Å²) in [5, 5.41) is 8.65. The number of hydrogen-bond donors (Lipinski definition) is 1. The SMILES string of the molecule is [NH]C(=O)N(CCCO)Cc1ccncc1. The van der Waals surface area contributed by atoms with Crippen molar-refractivity contribution in [1.29, 1.82) is 0 Å². The van der Waals surface area contributed by atoms with Crippen molar-refractivity contribution in [3.05, 3.63) is 30.1 Å². The first kappa shape index (κ1) is 11.5. The van der Waals surface area contributed by atoms with Crippen LogP contribution in [0.5, 0.6) is 0 Å². The van der Waals surface area contributed by atoms with Crippen molar-refractivity contribution in [1.82, 2.24) is 15.6 Å². The average Bonchev–Trinajstić information content (AvgIpc) is 2.25. The summed E-state index contributed by atoms with van der Waals surface area (Å²) in [6.07, 6.45) is 3.79. The first-order valence-electron chi connectivity index (χ1n) is 4.74. The zero-order chi connectivity index (χ0) is 11.1. The predicted molar refractivity (Wildman–Crippen MR) is 54.8 cm³/mol. The first-order chi connectivity index (χ1) is 7.24. The lowest BCUT2D eigenvalue weighted by atomic mass is 10.2. The molecule has 0 saturated heterocycles. The van der Waals surface area contributed by atoms with E-state index in [4.69, 9.17) is 10.8 Å². The minimum absolute atomic E-state index is 0.0279. The number of carbonyl (C=O) groups is 1. The molecular weight excluding hydrogens is 194 g/mol. The van der Waals surface area contributed by atoms with Crippen LogP contribution in [0.3, 0.4) is 0 Å². The molecule has 5 heteroatoms. The maximum Gasteiger partial charge on any atom is 0.336 e. The highest BCUT2D eigenvalue weighted by Crippen LogP contribution is 2.03. The van der Waals surface area contributed by atoms with Gasteiger partial charge in [-0.15, -0.1) is 0 Å². The molecule has 1 radical (unpaired) electrons. The van der Waals surface area contributed by atoms with Gasteiger partial charge >= 0.3 is 6.03 Å². The third kappa shape index (κ3) is 3.95. The summed E-state index contributed by atoms with van der Waals surface area (Å²) in [5.41, 5.74) is 7.99. The van der Waals surface area contributed by atoms with Crippen molar-refractivity contribution in [2.24, 2.45) is 0 Å². The Morgan fingerprint density at radius 3 is 2.67 bits per heavy atom. The second-order valence-corrected chi connectivity index (χ2v) is 3.16. The van der Waals surface area contributed by atoms with Crippen LogP contribution in [0.2, 0.25) is 0 Å². The summed E-state index contributed by atoms with van der Waals surface area (Å²) in [7, 11) is 0. The van der Waals surface area contributed by atoms with Crippen LogP contribution in [0.15, 0.2) is 24.5 Å². The lowest BCUT2D eigenvalue weighted by Crippen LogP contribution is -2.31. The Morgan fingerprint density at radius 1 is 1.47 bits per heavy atom. The zero-order valence-electron chi connectivity index (χ0n) is 8.39. The van der Waals surface area contributed by atoms with E-state index in [9.17, 15) is 4.79 Å². The van der Waals surface area contributed by atoms with Crippen LogP contribution >= 0.6 is 0 Å². The molecule has 0 saturated carbocycles. The molecule has 0 aliphatic carbocycles. The summed E-state index contributed by atoms with van der Waals surface area (Å²) >= 11 is 0. The lowest BCUT2D eigenvalue weighted by molar-refractivity contribution is 0.194. The van der Waals surface area contributed by atoms with Gasteiger partial charge in [0.1, 0.15) is 0 Å². The molecular formula is C10H14N3O2. The van der Waals surface area contributed by atoms with E-state index in [2.05, 4.69) is 4.98 Å². The quantitative estimate of drug-likeness (QED) is 0.772. The van der Waals surface area contributed by atoms with Crippen molar-refractivity contribution >= 4 is 6.03 Å². The molecule has 15 heavy (non-hydrogen) atoms. The van der Waals surface area contributed by atoms with Crippen molar-refractivity contribution in [2.45, 2.75) is 13.0 Å². The zero-order valence-corrected chi connectivity index (χ0v) is 8.39. The molecule has 1 aromatic rings. The Hall–Kier alpha value is -1.62. The fraction of sp³-hybridized carbons (Fsp3) is 0.400. The molecule has 81 valence electrons. The molecule has 0 aliphatic rings. The van der Waals surface area contributed by atoms with Crippen LogP contribution < -0.4 is 5.73 Å². The van der Waals surface area contributed by atoms with E-state index >= 15 is 0 Å². The molecule has 1 heterocycles. The molecule has 0 aromatic carbocycles. The number of nitrogens with one attached hydrogen (secondary N) is 1. The molecule has 0 bridgehead atoms. The Balaban J connectivity index is 2.55. The summed E-state index contributed by atoms with van der Waals surface area (Å²) in [5.74, 6) is 0. The number of aromatic nitrogens is 1. The second kappa shape index (κ2) is 5.98. The third-order valence-corrected chi connectivity index (χ3v) is 2.00. The lowest BCUT2D eigenvalue weighted by Gasteiger charge is -2.19. The number of pyridine rings is 1.